The van der Waals surface area contributed by atoms with Crippen LogP contribution in [0.1, 0.15) is 27.7 Å². The zero-order chi connectivity index (χ0) is 21.9. The molecule has 0 aliphatic heterocycles. The summed E-state index contributed by atoms with van der Waals surface area (Å²) in [4.78, 5) is 6.62. The van der Waals surface area contributed by atoms with Crippen LogP contribution in [0.15, 0.2) is 47.4 Å². The molecular formula is C21H28N4O3S2. The second-order valence-electron chi connectivity index (χ2n) is 7.57. The highest BCUT2D eigenvalue weighted by Crippen LogP contribution is 2.30. The molecule has 0 aliphatic carbocycles. The number of thiazole rings is 1. The zero-order valence-corrected chi connectivity index (χ0v) is 19.3. The number of nitrogens with two attached hydrogens (primary N) is 1. The first-order valence-electron chi connectivity index (χ1n) is 9.86. The van der Waals surface area contributed by atoms with Crippen molar-refractivity contribution in [1.29, 1.82) is 0 Å². The van der Waals surface area contributed by atoms with Crippen molar-refractivity contribution in [2.45, 2.75) is 44.7 Å². The Balaban J connectivity index is 1.77. The Hall–Kier alpha value is -2.36. The summed E-state index contributed by atoms with van der Waals surface area (Å²) in [6.45, 7) is 10.0. The average molecular weight is 449 g/mol. The fourth-order valence-corrected chi connectivity index (χ4v) is 5.27. The van der Waals surface area contributed by atoms with Crippen LogP contribution in [0.3, 0.4) is 0 Å². The molecule has 7 nitrogen and oxygen atoms in total. The zero-order valence-electron chi connectivity index (χ0n) is 17.6. The van der Waals surface area contributed by atoms with Crippen molar-refractivity contribution in [3.63, 3.8) is 0 Å². The molecule has 0 bridgehead atoms. The van der Waals surface area contributed by atoms with E-state index in [1.54, 1.807) is 42.5 Å². The van der Waals surface area contributed by atoms with E-state index in [9.17, 15) is 8.42 Å². The van der Waals surface area contributed by atoms with Crippen molar-refractivity contribution in [3.05, 3.63) is 42.5 Å². The molecule has 0 amide bonds. The van der Waals surface area contributed by atoms with Gasteiger partial charge in [0.15, 0.2) is 5.13 Å². The smallest absolute Gasteiger partial charge is 0.341 e. The second kappa shape index (κ2) is 9.20. The minimum absolute atomic E-state index is 0.106. The first-order chi connectivity index (χ1) is 14.2. The van der Waals surface area contributed by atoms with Gasteiger partial charge in [-0.25, -0.2) is 4.98 Å². The summed E-state index contributed by atoms with van der Waals surface area (Å²) in [5.41, 5.74) is 6.95. The molecule has 0 saturated carbocycles. The predicted octanol–water partition coefficient (Wildman–Crippen LogP) is 4.18. The summed E-state index contributed by atoms with van der Waals surface area (Å²) < 4.78 is 32.1. The van der Waals surface area contributed by atoms with Gasteiger partial charge in [-0.3, -0.25) is 4.90 Å². The first-order valence-corrected chi connectivity index (χ1v) is 12.1. The maximum absolute atomic E-state index is 13.0. The summed E-state index contributed by atoms with van der Waals surface area (Å²) in [5, 5.41) is 3.68. The number of fused-ring (bicyclic) bond motifs is 1. The van der Waals surface area contributed by atoms with Gasteiger partial charge in [0.1, 0.15) is 10.6 Å². The van der Waals surface area contributed by atoms with Crippen molar-refractivity contribution in [2.24, 2.45) is 0 Å². The number of nitrogens with one attached hydrogen (secondary N) is 1. The quantitative estimate of drug-likeness (QED) is 0.474. The van der Waals surface area contributed by atoms with Gasteiger partial charge in [0, 0.05) is 31.2 Å². The molecule has 0 fully saturated rings. The molecule has 2 aromatic carbocycles. The van der Waals surface area contributed by atoms with Crippen molar-refractivity contribution in [2.75, 3.05) is 24.1 Å². The Morgan fingerprint density at radius 3 is 2.53 bits per heavy atom. The molecule has 30 heavy (non-hydrogen) atoms. The Kier molecular flexibility index (Phi) is 6.84. The number of aromatic nitrogens is 1. The van der Waals surface area contributed by atoms with E-state index in [2.05, 4.69) is 42.9 Å². The van der Waals surface area contributed by atoms with E-state index < -0.39 is 10.1 Å². The number of nitrogen functional groups attached to an aromatic ring is 1. The fraction of sp³-hybridized carbons (Fsp3) is 0.381. The van der Waals surface area contributed by atoms with Crippen LogP contribution in [-0.2, 0) is 10.1 Å². The number of rotatable bonds is 9. The van der Waals surface area contributed by atoms with E-state index in [1.165, 1.54) is 11.3 Å². The van der Waals surface area contributed by atoms with Crippen molar-refractivity contribution in [1.82, 2.24) is 9.88 Å². The van der Waals surface area contributed by atoms with Gasteiger partial charge in [0.2, 0.25) is 0 Å². The lowest BCUT2D eigenvalue weighted by atomic mass is 10.2. The van der Waals surface area contributed by atoms with E-state index in [-0.39, 0.29) is 10.6 Å². The SMILES string of the molecule is CC(C)N(CCNc1ccccc1S(=O)(=O)Oc1ccc2nc(N)sc2c1)C(C)C. The topological polar surface area (TPSA) is 97.5 Å². The van der Waals surface area contributed by atoms with Crippen LogP contribution in [0.25, 0.3) is 10.2 Å². The number of benzene rings is 2. The normalized spacial score (nSPS) is 12.2. The van der Waals surface area contributed by atoms with E-state index in [0.717, 1.165) is 11.2 Å². The van der Waals surface area contributed by atoms with Crippen LogP contribution in [0.2, 0.25) is 0 Å². The Bertz CT molecular complexity index is 1100. The largest absolute Gasteiger partial charge is 0.383 e. The van der Waals surface area contributed by atoms with Gasteiger partial charge >= 0.3 is 10.1 Å². The summed E-state index contributed by atoms with van der Waals surface area (Å²) >= 11 is 1.28. The van der Waals surface area contributed by atoms with E-state index in [1.807, 2.05) is 0 Å². The summed E-state index contributed by atoms with van der Waals surface area (Å²) in [5.74, 6) is 0.228. The van der Waals surface area contributed by atoms with Gasteiger partial charge in [-0.05, 0) is 52.0 Å². The van der Waals surface area contributed by atoms with Gasteiger partial charge in [-0.2, -0.15) is 8.42 Å². The van der Waals surface area contributed by atoms with Gasteiger partial charge in [0.25, 0.3) is 0 Å². The third kappa shape index (κ3) is 5.21. The van der Waals surface area contributed by atoms with Crippen molar-refractivity contribution < 1.29 is 12.6 Å². The maximum Gasteiger partial charge on any atom is 0.341 e. The van der Waals surface area contributed by atoms with Crippen molar-refractivity contribution in [3.8, 4) is 5.75 Å². The molecule has 0 unspecified atom stereocenters. The molecule has 1 aromatic heterocycles. The maximum atomic E-state index is 13.0. The monoisotopic (exact) mass is 448 g/mol. The summed E-state index contributed by atoms with van der Waals surface area (Å²) in [6, 6.07) is 12.5. The molecule has 0 atom stereocenters. The second-order valence-corrected chi connectivity index (χ2v) is 10.1. The van der Waals surface area contributed by atoms with Crippen LogP contribution in [0.4, 0.5) is 10.8 Å². The highest BCUT2D eigenvalue weighted by molar-refractivity contribution is 7.87. The Labute approximate surface area is 182 Å². The lowest BCUT2D eigenvalue weighted by molar-refractivity contribution is 0.182. The third-order valence-electron chi connectivity index (χ3n) is 4.75. The molecule has 0 spiro atoms. The third-order valence-corrected chi connectivity index (χ3v) is 6.90. The van der Waals surface area contributed by atoms with Crippen LogP contribution >= 0.6 is 11.3 Å². The summed E-state index contributed by atoms with van der Waals surface area (Å²) in [7, 11) is -4.01. The minimum atomic E-state index is -4.01. The van der Waals surface area contributed by atoms with E-state index >= 15 is 0 Å². The molecule has 0 aliphatic rings. The van der Waals surface area contributed by atoms with Crippen molar-refractivity contribution >= 4 is 42.5 Å². The molecule has 3 rings (SSSR count). The number of hydrogen-bond donors (Lipinski definition) is 2. The molecule has 9 heteroatoms. The molecule has 3 aromatic rings. The van der Waals surface area contributed by atoms with Gasteiger partial charge in [0.05, 0.1) is 15.9 Å². The van der Waals surface area contributed by atoms with E-state index in [4.69, 9.17) is 9.92 Å². The van der Waals surface area contributed by atoms with Crippen LogP contribution in [0, 0.1) is 0 Å². The van der Waals surface area contributed by atoms with Crippen LogP contribution < -0.4 is 15.2 Å². The Morgan fingerprint density at radius 1 is 1.13 bits per heavy atom. The average Bonchev–Trinajstić information content (AvgIpc) is 3.03. The standard InChI is InChI=1S/C21H28N4O3S2/c1-14(2)25(15(3)4)12-11-23-18-7-5-6-8-20(18)30(26,27)28-16-9-10-17-19(13-16)29-21(22)24-17/h5-10,13-15,23H,11-12H2,1-4H3,(H2,22,24). The van der Waals surface area contributed by atoms with Crippen LogP contribution in [0.5, 0.6) is 5.75 Å². The number of para-hydroxylation sites is 1. The number of hydrogen-bond acceptors (Lipinski definition) is 8. The molecular weight excluding hydrogens is 420 g/mol. The van der Waals surface area contributed by atoms with Gasteiger partial charge in [-0.1, -0.05) is 23.5 Å². The Morgan fingerprint density at radius 2 is 1.83 bits per heavy atom. The van der Waals surface area contributed by atoms with Gasteiger partial charge in [-0.15, -0.1) is 0 Å². The highest BCUT2D eigenvalue weighted by Gasteiger charge is 2.21. The number of anilines is 2. The fourth-order valence-electron chi connectivity index (χ4n) is 3.41. The predicted molar refractivity (Wildman–Crippen MR) is 124 cm³/mol. The molecule has 0 radical (unpaired) electrons. The van der Waals surface area contributed by atoms with E-state index in [0.29, 0.717) is 35.0 Å². The summed E-state index contributed by atoms with van der Waals surface area (Å²) in [6.07, 6.45) is 0. The molecule has 162 valence electrons. The number of nitrogens with zero attached hydrogens (tertiary/aromatic N) is 2. The molecule has 1 heterocycles. The van der Waals surface area contributed by atoms with Gasteiger partial charge < -0.3 is 15.2 Å². The lowest BCUT2D eigenvalue weighted by Crippen LogP contribution is -2.40. The molecule has 0 saturated heterocycles. The first kappa shape index (κ1) is 22.3. The minimum Gasteiger partial charge on any atom is -0.383 e. The van der Waals surface area contributed by atoms with Crippen LogP contribution in [-0.4, -0.2) is 43.5 Å². The molecule has 3 N–H and O–H groups in total. The lowest BCUT2D eigenvalue weighted by Gasteiger charge is -2.30. The highest BCUT2D eigenvalue weighted by atomic mass is 32.2.